The van der Waals surface area contributed by atoms with E-state index >= 15 is 0 Å². The summed E-state index contributed by atoms with van der Waals surface area (Å²) in [6.45, 7) is 5.12. The van der Waals surface area contributed by atoms with Crippen molar-refractivity contribution in [3.63, 3.8) is 0 Å². The number of alkyl halides is 2. The maximum absolute atomic E-state index is 14.9. The summed E-state index contributed by atoms with van der Waals surface area (Å²) in [5.74, 6) is -0.779. The van der Waals surface area contributed by atoms with Gasteiger partial charge in [-0.2, -0.15) is 13.9 Å². The van der Waals surface area contributed by atoms with Gasteiger partial charge in [-0.1, -0.05) is 74.8 Å². The molecule has 0 spiro atoms. The smallest absolute Gasteiger partial charge is 0.333 e. The molecule has 2 N–H and O–H groups in total. The lowest BCUT2D eigenvalue weighted by Gasteiger charge is -2.35. The molecule has 6 rings (SSSR count). The Kier molecular flexibility index (Phi) is 8.61. The Balaban J connectivity index is 1.38. The molecule has 4 aromatic rings. The van der Waals surface area contributed by atoms with E-state index in [4.69, 9.17) is 27.1 Å². The first-order valence-electron chi connectivity index (χ1n) is 15.6. The van der Waals surface area contributed by atoms with Crippen LogP contribution in [0.5, 0.6) is 0 Å². The van der Waals surface area contributed by atoms with E-state index in [9.17, 15) is 18.4 Å². The third-order valence-corrected chi connectivity index (χ3v) is 9.14. The number of carbonyl (C=O) groups excluding carboxylic acids is 2. The van der Waals surface area contributed by atoms with Crippen LogP contribution in [0.4, 0.5) is 8.78 Å². The number of nitrogens with two attached hydrogens (primary N) is 1. The van der Waals surface area contributed by atoms with Crippen LogP contribution in [0.25, 0.3) is 16.8 Å². The Labute approximate surface area is 281 Å². The van der Waals surface area contributed by atoms with Gasteiger partial charge in [0, 0.05) is 11.8 Å². The predicted octanol–water partition coefficient (Wildman–Crippen LogP) is 6.44. The molecular weight excluding hydrogens is 642 g/mol. The summed E-state index contributed by atoms with van der Waals surface area (Å²) in [4.78, 5) is 34.1. The summed E-state index contributed by atoms with van der Waals surface area (Å²) in [6.07, 6.45) is 8.27. The Morgan fingerprint density at radius 3 is 2.46 bits per heavy atom. The SMILES string of the molecule is CC(C)(C)C[C@]1(c2ccc(-c3cnn(C(F)F)c3)cc2)N=C(N)N([C@H](COC(=O)CC2(C)CC2)c2ccc(Cl)c(-n3ccnn3)c2)C1=O. The fourth-order valence-corrected chi connectivity index (χ4v) is 6.34. The van der Waals surface area contributed by atoms with Crippen molar-refractivity contribution < 1.29 is 23.1 Å². The number of ether oxygens (including phenoxy) is 1. The maximum atomic E-state index is 14.9. The van der Waals surface area contributed by atoms with Gasteiger partial charge in [0.05, 0.1) is 41.8 Å². The van der Waals surface area contributed by atoms with E-state index in [2.05, 4.69) is 15.4 Å². The van der Waals surface area contributed by atoms with Gasteiger partial charge in [-0.05, 0) is 58.9 Å². The Morgan fingerprint density at radius 1 is 1.12 bits per heavy atom. The van der Waals surface area contributed by atoms with Gasteiger partial charge >= 0.3 is 12.5 Å². The van der Waals surface area contributed by atoms with E-state index in [1.54, 1.807) is 48.7 Å². The van der Waals surface area contributed by atoms with Crippen LogP contribution < -0.4 is 5.73 Å². The van der Waals surface area contributed by atoms with Crippen LogP contribution in [-0.2, 0) is 19.9 Å². The molecular formula is C34H37ClF2N8O3. The van der Waals surface area contributed by atoms with Gasteiger partial charge in [-0.25, -0.2) is 14.4 Å². The average molecular weight is 679 g/mol. The van der Waals surface area contributed by atoms with E-state index in [-0.39, 0.29) is 41.7 Å². The average Bonchev–Trinajstić information content (AvgIpc) is 3.42. The molecule has 48 heavy (non-hydrogen) atoms. The van der Waals surface area contributed by atoms with Gasteiger partial charge < -0.3 is 10.5 Å². The highest BCUT2D eigenvalue weighted by atomic mass is 35.5. The number of rotatable bonds is 11. The van der Waals surface area contributed by atoms with Crippen molar-refractivity contribution in [2.75, 3.05) is 6.61 Å². The van der Waals surface area contributed by atoms with Gasteiger partial charge in [-0.15, -0.1) is 5.10 Å². The van der Waals surface area contributed by atoms with Crippen LogP contribution in [0.15, 0.2) is 72.2 Å². The van der Waals surface area contributed by atoms with Crippen LogP contribution in [0.2, 0.25) is 5.02 Å². The first-order valence-corrected chi connectivity index (χ1v) is 16.0. The summed E-state index contributed by atoms with van der Waals surface area (Å²) in [6, 6.07) is 11.4. The van der Waals surface area contributed by atoms with Gasteiger partial charge in [0.25, 0.3) is 5.91 Å². The van der Waals surface area contributed by atoms with Crippen molar-refractivity contribution in [2.45, 2.75) is 71.5 Å². The minimum absolute atomic E-state index is 0.0287. The van der Waals surface area contributed by atoms with Crippen LogP contribution in [0.3, 0.4) is 0 Å². The quantitative estimate of drug-likeness (QED) is 0.180. The number of carbonyl (C=O) groups is 2. The number of guanidine groups is 1. The van der Waals surface area contributed by atoms with E-state index in [0.29, 0.717) is 44.1 Å². The first kappa shape index (κ1) is 33.3. The molecule has 0 radical (unpaired) electrons. The highest BCUT2D eigenvalue weighted by Gasteiger charge is 2.53. The largest absolute Gasteiger partial charge is 0.463 e. The van der Waals surface area contributed by atoms with Crippen molar-refractivity contribution in [3.8, 4) is 16.8 Å². The molecule has 1 aliphatic carbocycles. The Hall–Kier alpha value is -4.65. The lowest BCUT2D eigenvalue weighted by atomic mass is 9.75. The molecule has 2 aromatic heterocycles. The highest BCUT2D eigenvalue weighted by Crippen LogP contribution is 2.49. The summed E-state index contributed by atoms with van der Waals surface area (Å²) in [7, 11) is 0. The lowest BCUT2D eigenvalue weighted by molar-refractivity contribution is -0.148. The number of esters is 1. The number of benzene rings is 2. The molecule has 0 saturated heterocycles. The molecule has 14 heteroatoms. The second-order valence-corrected chi connectivity index (χ2v) is 14.5. The summed E-state index contributed by atoms with van der Waals surface area (Å²) < 4.78 is 34.2. The monoisotopic (exact) mass is 678 g/mol. The first-order chi connectivity index (χ1) is 22.7. The van der Waals surface area contributed by atoms with E-state index in [1.807, 2.05) is 27.7 Å². The summed E-state index contributed by atoms with van der Waals surface area (Å²) in [5, 5.41) is 12.1. The van der Waals surface area contributed by atoms with Gasteiger partial charge in [0.2, 0.25) is 0 Å². The summed E-state index contributed by atoms with van der Waals surface area (Å²) >= 11 is 6.54. The molecule has 1 amide bonds. The highest BCUT2D eigenvalue weighted by molar-refractivity contribution is 6.32. The van der Waals surface area contributed by atoms with Crippen molar-refractivity contribution in [1.82, 2.24) is 29.7 Å². The zero-order chi connectivity index (χ0) is 34.4. The normalized spacial score (nSPS) is 19.5. The topological polar surface area (TPSA) is 134 Å². The van der Waals surface area contributed by atoms with E-state index in [0.717, 1.165) is 12.8 Å². The van der Waals surface area contributed by atoms with Crippen LogP contribution in [0, 0.1) is 10.8 Å². The fraction of sp³-hybridized carbons (Fsp3) is 0.412. The molecule has 2 aliphatic rings. The van der Waals surface area contributed by atoms with E-state index in [1.165, 1.54) is 28.2 Å². The second kappa shape index (κ2) is 12.4. The van der Waals surface area contributed by atoms with Crippen molar-refractivity contribution >= 4 is 29.4 Å². The maximum Gasteiger partial charge on any atom is 0.333 e. The molecule has 0 bridgehead atoms. The van der Waals surface area contributed by atoms with Gasteiger partial charge in [-0.3, -0.25) is 14.5 Å². The predicted molar refractivity (Wildman–Crippen MR) is 175 cm³/mol. The lowest BCUT2D eigenvalue weighted by Crippen LogP contribution is -2.47. The third kappa shape index (κ3) is 6.69. The van der Waals surface area contributed by atoms with Crippen LogP contribution in [-0.4, -0.2) is 54.1 Å². The van der Waals surface area contributed by atoms with Gasteiger partial charge in [0.1, 0.15) is 6.61 Å². The zero-order valence-electron chi connectivity index (χ0n) is 27.1. The molecule has 0 unspecified atom stereocenters. The molecule has 2 atom stereocenters. The van der Waals surface area contributed by atoms with Crippen LogP contribution in [0.1, 0.15) is 77.1 Å². The molecule has 1 fully saturated rings. The number of amides is 1. The third-order valence-electron chi connectivity index (χ3n) is 8.82. The Morgan fingerprint density at radius 2 is 1.85 bits per heavy atom. The number of aliphatic imine (C=N–C) groups is 1. The zero-order valence-corrected chi connectivity index (χ0v) is 27.9. The van der Waals surface area contributed by atoms with E-state index < -0.39 is 18.1 Å². The minimum Gasteiger partial charge on any atom is -0.463 e. The van der Waals surface area contributed by atoms with Crippen LogP contribution >= 0.6 is 11.6 Å². The van der Waals surface area contributed by atoms with Crippen molar-refractivity contribution in [2.24, 2.45) is 21.6 Å². The molecule has 1 saturated carbocycles. The van der Waals surface area contributed by atoms with Crippen molar-refractivity contribution in [1.29, 1.82) is 0 Å². The number of hydrogen-bond acceptors (Lipinski definition) is 8. The number of nitrogens with zero attached hydrogens (tertiary/aromatic N) is 7. The molecule has 252 valence electrons. The van der Waals surface area contributed by atoms with Crippen molar-refractivity contribution in [3.05, 3.63) is 83.4 Å². The van der Waals surface area contributed by atoms with Gasteiger partial charge in [0.15, 0.2) is 11.5 Å². The molecule has 2 aromatic carbocycles. The molecule has 1 aliphatic heterocycles. The molecule has 3 heterocycles. The standard InChI is InChI=1S/C34H37ClF2N8O3/c1-32(2,3)20-34(24-8-5-21(6-9-24)23-17-40-44(18-23)30(36)37)29(47)45(31(38)41-34)27(19-48-28(46)16-33(4)11-12-33)22-7-10-25(35)26(15-22)43-14-13-39-42-43/h5-10,13-15,17-18,27,30H,11-12,16,19-20H2,1-4H3,(H2,38,41)/t27-,34-/m1/s1. The molecule has 11 nitrogen and oxygen atoms in total. The Bertz CT molecular complexity index is 1850. The summed E-state index contributed by atoms with van der Waals surface area (Å²) in [5.41, 5.74) is 7.63. The number of hydrogen-bond donors (Lipinski definition) is 1. The number of aromatic nitrogens is 5. The fourth-order valence-electron chi connectivity index (χ4n) is 6.14. The minimum atomic E-state index is -2.76. The number of halogens is 3. The second-order valence-electron chi connectivity index (χ2n) is 14.1.